The van der Waals surface area contributed by atoms with Gasteiger partial charge >= 0.3 is 5.97 Å². The van der Waals surface area contributed by atoms with Crippen molar-refractivity contribution in [3.05, 3.63) is 24.3 Å². The number of amides is 2. The van der Waals surface area contributed by atoms with Gasteiger partial charge in [-0.25, -0.2) is 0 Å². The fraction of sp³-hybridized carbons (Fsp3) is 0.400. The Hall–Kier alpha value is -2.37. The third-order valence-corrected chi connectivity index (χ3v) is 3.73. The smallest absolute Gasteiger partial charge is 0.310 e. The Morgan fingerprint density at radius 3 is 2.29 bits per heavy atom. The largest absolute Gasteiger partial charge is 0.481 e. The molecule has 0 saturated heterocycles. The average molecular weight is 290 g/mol. The van der Waals surface area contributed by atoms with Crippen LogP contribution in [0.25, 0.3) is 0 Å². The highest BCUT2D eigenvalue weighted by Crippen LogP contribution is 2.44. The van der Waals surface area contributed by atoms with Gasteiger partial charge in [-0.3, -0.25) is 14.4 Å². The van der Waals surface area contributed by atoms with E-state index in [1.165, 1.54) is 6.92 Å². The van der Waals surface area contributed by atoms with Crippen LogP contribution in [0.4, 0.5) is 11.4 Å². The lowest BCUT2D eigenvalue weighted by molar-refractivity contribution is -0.157. The van der Waals surface area contributed by atoms with Gasteiger partial charge in [-0.05, 0) is 31.0 Å². The van der Waals surface area contributed by atoms with E-state index in [9.17, 15) is 19.5 Å². The topological polar surface area (TPSA) is 95.5 Å². The summed E-state index contributed by atoms with van der Waals surface area (Å²) in [5.74, 6) is -1.43. The Kier molecular flexibility index (Phi) is 4.26. The number of carbonyl (C=O) groups is 3. The highest BCUT2D eigenvalue weighted by Gasteiger charge is 2.45. The van der Waals surface area contributed by atoms with E-state index in [1.54, 1.807) is 24.3 Å². The van der Waals surface area contributed by atoms with E-state index in [0.29, 0.717) is 24.2 Å². The Labute approximate surface area is 122 Å². The lowest BCUT2D eigenvalue weighted by Crippen LogP contribution is -2.41. The third-order valence-electron chi connectivity index (χ3n) is 3.73. The van der Waals surface area contributed by atoms with Crippen molar-refractivity contribution < 1.29 is 19.5 Å². The van der Waals surface area contributed by atoms with Crippen molar-refractivity contribution in [1.82, 2.24) is 0 Å². The number of hydrogen-bond donors (Lipinski definition) is 3. The minimum Gasteiger partial charge on any atom is -0.481 e. The second-order valence-corrected chi connectivity index (χ2v) is 5.43. The molecule has 6 nitrogen and oxygen atoms in total. The highest BCUT2D eigenvalue weighted by atomic mass is 16.4. The number of carbonyl (C=O) groups excluding carboxylic acids is 2. The van der Waals surface area contributed by atoms with Crippen LogP contribution in [-0.4, -0.2) is 22.9 Å². The summed E-state index contributed by atoms with van der Waals surface area (Å²) in [7, 11) is 0. The van der Waals surface area contributed by atoms with Gasteiger partial charge < -0.3 is 15.7 Å². The first-order valence-electron chi connectivity index (χ1n) is 6.82. The van der Waals surface area contributed by atoms with Crippen LogP contribution >= 0.6 is 0 Å². The van der Waals surface area contributed by atoms with Crippen molar-refractivity contribution >= 4 is 29.2 Å². The van der Waals surface area contributed by atoms with Crippen LogP contribution in [0.5, 0.6) is 0 Å². The summed E-state index contributed by atoms with van der Waals surface area (Å²) >= 11 is 0. The molecule has 21 heavy (non-hydrogen) atoms. The number of carboxylic acid groups (broad SMARTS) is 1. The molecule has 0 spiro atoms. The summed E-state index contributed by atoms with van der Waals surface area (Å²) < 4.78 is 0. The van der Waals surface area contributed by atoms with Gasteiger partial charge in [0.2, 0.25) is 11.8 Å². The lowest BCUT2D eigenvalue weighted by Gasteiger charge is -2.36. The molecule has 0 heterocycles. The van der Waals surface area contributed by atoms with Gasteiger partial charge in [0.05, 0.1) is 5.41 Å². The Morgan fingerprint density at radius 2 is 1.81 bits per heavy atom. The zero-order valence-corrected chi connectivity index (χ0v) is 11.8. The van der Waals surface area contributed by atoms with E-state index < -0.39 is 11.4 Å². The fourth-order valence-corrected chi connectivity index (χ4v) is 2.46. The first-order chi connectivity index (χ1) is 9.91. The van der Waals surface area contributed by atoms with Gasteiger partial charge in [-0.1, -0.05) is 12.5 Å². The van der Waals surface area contributed by atoms with Crippen molar-refractivity contribution in [3.63, 3.8) is 0 Å². The van der Waals surface area contributed by atoms with Crippen LogP contribution in [0.3, 0.4) is 0 Å². The minimum atomic E-state index is -0.907. The Bertz CT molecular complexity index is 579. The maximum absolute atomic E-state index is 12.0. The summed E-state index contributed by atoms with van der Waals surface area (Å²) in [5.41, 5.74) is 0.210. The number of aliphatic carboxylic acids is 1. The van der Waals surface area contributed by atoms with Crippen LogP contribution in [0.2, 0.25) is 0 Å². The van der Waals surface area contributed by atoms with E-state index in [1.807, 2.05) is 0 Å². The molecule has 2 amide bonds. The zero-order chi connectivity index (χ0) is 15.5. The van der Waals surface area contributed by atoms with Crippen molar-refractivity contribution in [2.45, 2.75) is 32.6 Å². The number of hydrogen-bond acceptors (Lipinski definition) is 3. The van der Waals surface area contributed by atoms with E-state index in [4.69, 9.17) is 0 Å². The van der Waals surface area contributed by atoms with Crippen LogP contribution in [0, 0.1) is 5.41 Å². The molecule has 1 aromatic carbocycles. The predicted octanol–water partition coefficient (Wildman–Crippen LogP) is 2.23. The molecule has 1 aliphatic carbocycles. The quantitative estimate of drug-likeness (QED) is 0.774. The molecule has 1 aromatic rings. The maximum atomic E-state index is 12.0. The number of anilines is 2. The van der Waals surface area contributed by atoms with Gasteiger partial charge in [-0.2, -0.15) is 0 Å². The second-order valence-electron chi connectivity index (χ2n) is 5.43. The number of rotatable bonds is 5. The molecular weight excluding hydrogens is 272 g/mol. The first kappa shape index (κ1) is 15.0. The highest BCUT2D eigenvalue weighted by molar-refractivity contribution is 5.95. The van der Waals surface area contributed by atoms with Crippen LogP contribution in [0.1, 0.15) is 32.6 Å². The zero-order valence-electron chi connectivity index (χ0n) is 11.8. The normalized spacial score (nSPS) is 15.7. The van der Waals surface area contributed by atoms with Crippen LogP contribution in [-0.2, 0) is 14.4 Å². The molecule has 112 valence electrons. The molecule has 3 N–H and O–H groups in total. The number of nitrogens with one attached hydrogen (secondary N) is 2. The second kappa shape index (κ2) is 5.95. The van der Waals surface area contributed by atoms with Gasteiger partial charge in [0.1, 0.15) is 0 Å². The minimum absolute atomic E-state index is 0.0211. The van der Waals surface area contributed by atoms with Crippen molar-refractivity contribution in [2.24, 2.45) is 5.41 Å². The SMILES string of the molecule is CC(=O)Nc1cccc(NC(=O)CC2(C(=O)O)CCC2)c1. The number of carboxylic acids is 1. The summed E-state index contributed by atoms with van der Waals surface area (Å²) in [6.45, 7) is 1.40. The molecule has 0 bridgehead atoms. The molecule has 0 aromatic heterocycles. The third kappa shape index (κ3) is 3.59. The van der Waals surface area contributed by atoms with E-state index in [2.05, 4.69) is 10.6 Å². The molecule has 0 unspecified atom stereocenters. The molecule has 1 fully saturated rings. The summed E-state index contributed by atoms with van der Waals surface area (Å²) in [6, 6.07) is 6.74. The van der Waals surface area contributed by atoms with Gasteiger partial charge in [0.15, 0.2) is 0 Å². The van der Waals surface area contributed by atoms with E-state index >= 15 is 0 Å². The first-order valence-corrected chi connectivity index (χ1v) is 6.82. The molecule has 0 radical (unpaired) electrons. The maximum Gasteiger partial charge on any atom is 0.310 e. The summed E-state index contributed by atoms with van der Waals surface area (Å²) in [5, 5.41) is 14.5. The number of benzene rings is 1. The monoisotopic (exact) mass is 290 g/mol. The van der Waals surface area contributed by atoms with Crippen LogP contribution < -0.4 is 10.6 Å². The molecule has 2 rings (SSSR count). The molecule has 0 aliphatic heterocycles. The summed E-state index contributed by atoms with van der Waals surface area (Å²) in [6.07, 6.45) is 1.91. The van der Waals surface area contributed by atoms with Gasteiger partial charge in [0, 0.05) is 24.7 Å². The van der Waals surface area contributed by atoms with Gasteiger partial charge in [-0.15, -0.1) is 0 Å². The summed E-state index contributed by atoms with van der Waals surface area (Å²) in [4.78, 5) is 34.2. The van der Waals surface area contributed by atoms with Crippen LogP contribution in [0.15, 0.2) is 24.3 Å². The fourth-order valence-electron chi connectivity index (χ4n) is 2.46. The average Bonchev–Trinajstić information content (AvgIpc) is 2.33. The van der Waals surface area contributed by atoms with Crippen molar-refractivity contribution in [3.8, 4) is 0 Å². The molecule has 1 saturated carbocycles. The Morgan fingerprint density at radius 1 is 1.19 bits per heavy atom. The standard InChI is InChI=1S/C15H18N2O4/c1-10(18)16-11-4-2-5-12(8-11)17-13(19)9-15(14(20)21)6-3-7-15/h2,4-5,8H,3,6-7,9H2,1H3,(H,16,18)(H,17,19)(H,20,21). The van der Waals surface area contributed by atoms with Gasteiger partial charge in [0.25, 0.3) is 0 Å². The van der Waals surface area contributed by atoms with E-state index in [0.717, 1.165) is 6.42 Å². The van der Waals surface area contributed by atoms with Crippen molar-refractivity contribution in [2.75, 3.05) is 10.6 Å². The Balaban J connectivity index is 1.99. The lowest BCUT2D eigenvalue weighted by atomic mass is 9.66. The van der Waals surface area contributed by atoms with E-state index in [-0.39, 0.29) is 18.2 Å². The van der Waals surface area contributed by atoms with Crippen molar-refractivity contribution in [1.29, 1.82) is 0 Å². The molecule has 1 aliphatic rings. The molecule has 6 heteroatoms. The predicted molar refractivity (Wildman–Crippen MR) is 77.9 cm³/mol. The molecule has 0 atom stereocenters. The molecular formula is C15H18N2O4.